The summed E-state index contributed by atoms with van der Waals surface area (Å²) in [4.78, 5) is 27.3. The van der Waals surface area contributed by atoms with Crippen molar-refractivity contribution < 1.29 is 19.4 Å². The Morgan fingerprint density at radius 2 is 1.87 bits per heavy atom. The minimum absolute atomic E-state index is 0.0514. The number of benzene rings is 2. The number of hydrogen-bond acceptors (Lipinski definition) is 6. The number of ether oxygens (including phenoxy) is 1. The Kier molecular flexibility index (Phi) is 8.83. The predicted molar refractivity (Wildman–Crippen MR) is 147 cm³/mol. The zero-order chi connectivity index (χ0) is 27.2. The van der Waals surface area contributed by atoms with Gasteiger partial charge in [0.2, 0.25) is 0 Å². The third-order valence-corrected chi connectivity index (χ3v) is 6.91. The van der Waals surface area contributed by atoms with E-state index in [2.05, 4.69) is 27.4 Å². The standard InChI is InChI=1S/C26H25Cl2N5O2.CH2O2/c1-15-12-29-9-10-33(15)26(34)18-5-3-17(4-6-18)25-20-11-19(7-8-23(20)31-32-25)35-16(2)24-21(27)13-30-14-22(24)28;2-1-3/h3-8,11,13-16,29H,9-10,12H2,1-2H3,(H,31,32);1H,(H,2,3). The minimum atomic E-state index is -0.372. The zero-order valence-corrected chi connectivity index (χ0v) is 22.3. The van der Waals surface area contributed by atoms with Crippen LogP contribution >= 0.6 is 23.2 Å². The lowest BCUT2D eigenvalue weighted by atomic mass is 10.0. The molecule has 0 spiro atoms. The molecule has 3 heterocycles. The first-order valence-corrected chi connectivity index (χ1v) is 12.7. The molecule has 0 radical (unpaired) electrons. The number of carbonyl (C=O) groups is 2. The number of pyridine rings is 1. The Morgan fingerprint density at radius 1 is 1.18 bits per heavy atom. The molecule has 2 atom stereocenters. The number of H-pyrrole nitrogens is 1. The second kappa shape index (κ2) is 12.3. The van der Waals surface area contributed by atoms with E-state index in [4.69, 9.17) is 37.8 Å². The second-order valence-corrected chi connectivity index (χ2v) is 9.61. The van der Waals surface area contributed by atoms with Gasteiger partial charge < -0.3 is 20.1 Å². The molecule has 5 rings (SSSR count). The molecular weight excluding hydrogens is 529 g/mol. The van der Waals surface area contributed by atoms with E-state index in [9.17, 15) is 4.79 Å². The number of amides is 1. The third kappa shape index (κ3) is 5.91. The van der Waals surface area contributed by atoms with E-state index in [1.165, 1.54) is 0 Å². The van der Waals surface area contributed by atoms with Gasteiger partial charge in [-0.2, -0.15) is 5.10 Å². The van der Waals surface area contributed by atoms with Gasteiger partial charge in [-0.15, -0.1) is 0 Å². The van der Waals surface area contributed by atoms with E-state index in [0.717, 1.165) is 35.2 Å². The van der Waals surface area contributed by atoms with Crippen molar-refractivity contribution in [1.82, 2.24) is 25.4 Å². The fourth-order valence-corrected chi connectivity index (χ4v) is 5.11. The molecule has 9 nitrogen and oxygen atoms in total. The van der Waals surface area contributed by atoms with Gasteiger partial charge >= 0.3 is 0 Å². The van der Waals surface area contributed by atoms with E-state index >= 15 is 0 Å². The van der Waals surface area contributed by atoms with Crippen molar-refractivity contribution in [3.63, 3.8) is 0 Å². The Bertz CT molecular complexity index is 1410. The molecule has 4 aromatic rings. The van der Waals surface area contributed by atoms with Gasteiger partial charge in [-0.05, 0) is 44.2 Å². The van der Waals surface area contributed by atoms with Crippen LogP contribution in [0, 0.1) is 0 Å². The fourth-order valence-electron chi connectivity index (χ4n) is 4.44. The highest BCUT2D eigenvalue weighted by Crippen LogP contribution is 2.35. The van der Waals surface area contributed by atoms with Crippen LogP contribution in [0.2, 0.25) is 10.0 Å². The molecule has 1 aliphatic rings. The lowest BCUT2D eigenvalue weighted by molar-refractivity contribution is -0.122. The average Bonchev–Trinajstić information content (AvgIpc) is 3.32. The maximum Gasteiger partial charge on any atom is 0.290 e. The van der Waals surface area contributed by atoms with Crippen LogP contribution < -0.4 is 10.1 Å². The molecule has 2 unspecified atom stereocenters. The van der Waals surface area contributed by atoms with Gasteiger partial charge in [-0.3, -0.25) is 19.7 Å². The number of fused-ring (bicyclic) bond motifs is 1. The number of rotatable bonds is 5. The van der Waals surface area contributed by atoms with Crippen molar-refractivity contribution in [2.75, 3.05) is 19.6 Å². The quantitative estimate of drug-likeness (QED) is 0.289. The summed E-state index contributed by atoms with van der Waals surface area (Å²) in [5.74, 6) is 0.714. The van der Waals surface area contributed by atoms with Crippen LogP contribution in [0.25, 0.3) is 22.2 Å². The number of aromatic amines is 1. The number of nitrogens with one attached hydrogen (secondary N) is 2. The molecular formula is C27H27Cl2N5O4. The largest absolute Gasteiger partial charge is 0.486 e. The topological polar surface area (TPSA) is 120 Å². The normalized spacial score (nSPS) is 15.9. The highest BCUT2D eigenvalue weighted by molar-refractivity contribution is 6.35. The summed E-state index contributed by atoms with van der Waals surface area (Å²) >= 11 is 12.6. The first-order valence-electron chi connectivity index (χ1n) is 12.0. The highest BCUT2D eigenvalue weighted by atomic mass is 35.5. The summed E-state index contributed by atoms with van der Waals surface area (Å²) in [6.07, 6.45) is 2.73. The number of aromatic nitrogens is 3. The monoisotopic (exact) mass is 555 g/mol. The zero-order valence-electron chi connectivity index (χ0n) is 20.8. The second-order valence-electron chi connectivity index (χ2n) is 8.79. The molecule has 38 heavy (non-hydrogen) atoms. The van der Waals surface area contributed by atoms with Crippen molar-refractivity contribution in [3.8, 4) is 17.0 Å². The maximum atomic E-state index is 13.0. The Labute approximate surface area is 229 Å². The Morgan fingerprint density at radius 3 is 2.53 bits per heavy atom. The first-order chi connectivity index (χ1) is 18.3. The lowest BCUT2D eigenvalue weighted by Crippen LogP contribution is -2.52. The van der Waals surface area contributed by atoms with Crippen molar-refractivity contribution in [2.45, 2.75) is 26.0 Å². The van der Waals surface area contributed by atoms with E-state index < -0.39 is 0 Å². The third-order valence-electron chi connectivity index (χ3n) is 6.31. The van der Waals surface area contributed by atoms with Crippen molar-refractivity contribution in [3.05, 3.63) is 76.0 Å². The van der Waals surface area contributed by atoms with Gasteiger partial charge in [-0.25, -0.2) is 0 Å². The molecule has 198 valence electrons. The molecule has 11 heteroatoms. The van der Waals surface area contributed by atoms with E-state index in [1.54, 1.807) is 12.4 Å². The van der Waals surface area contributed by atoms with Gasteiger partial charge in [0.25, 0.3) is 12.4 Å². The average molecular weight is 556 g/mol. The van der Waals surface area contributed by atoms with E-state index in [1.807, 2.05) is 54.3 Å². The number of carboxylic acid groups (broad SMARTS) is 1. The molecule has 0 saturated carbocycles. The number of nitrogens with zero attached hydrogens (tertiary/aromatic N) is 3. The molecule has 2 aromatic carbocycles. The van der Waals surface area contributed by atoms with Crippen LogP contribution in [0.4, 0.5) is 0 Å². The molecule has 3 N–H and O–H groups in total. The number of hydrogen-bond donors (Lipinski definition) is 3. The summed E-state index contributed by atoms with van der Waals surface area (Å²) in [7, 11) is 0. The Hall–Kier alpha value is -3.66. The van der Waals surface area contributed by atoms with Crippen LogP contribution in [-0.2, 0) is 4.79 Å². The van der Waals surface area contributed by atoms with Crippen molar-refractivity contribution >= 4 is 46.5 Å². The number of piperazine rings is 1. The SMILES string of the molecule is CC(Oc1ccc2[nH]nc(-c3ccc(C(=O)N4CCNCC4C)cc3)c2c1)c1c(Cl)cncc1Cl.O=CO. The van der Waals surface area contributed by atoms with Gasteiger partial charge in [-0.1, -0.05) is 35.3 Å². The summed E-state index contributed by atoms with van der Waals surface area (Å²) < 4.78 is 6.16. The molecule has 1 amide bonds. The van der Waals surface area contributed by atoms with E-state index in [0.29, 0.717) is 33.5 Å². The molecule has 2 aromatic heterocycles. The predicted octanol–water partition coefficient (Wildman–Crippen LogP) is 5.21. The van der Waals surface area contributed by atoms with E-state index in [-0.39, 0.29) is 24.5 Å². The first kappa shape index (κ1) is 27.4. The number of carbonyl (C=O) groups excluding carboxylic acids is 1. The summed E-state index contributed by atoms with van der Waals surface area (Å²) in [5.41, 5.74) is 3.94. The van der Waals surface area contributed by atoms with Gasteiger partial charge in [0.15, 0.2) is 0 Å². The van der Waals surface area contributed by atoms with Crippen LogP contribution in [0.5, 0.6) is 5.75 Å². The fraction of sp³-hybridized carbons (Fsp3) is 0.259. The van der Waals surface area contributed by atoms with Gasteiger partial charge in [0.1, 0.15) is 17.5 Å². The van der Waals surface area contributed by atoms with Crippen molar-refractivity contribution in [2.24, 2.45) is 0 Å². The minimum Gasteiger partial charge on any atom is -0.486 e. The van der Waals surface area contributed by atoms with Crippen LogP contribution in [0.3, 0.4) is 0 Å². The smallest absolute Gasteiger partial charge is 0.290 e. The summed E-state index contributed by atoms with van der Waals surface area (Å²) in [6, 6.07) is 13.5. The van der Waals surface area contributed by atoms with Gasteiger partial charge in [0, 0.05) is 60.1 Å². The van der Waals surface area contributed by atoms with Crippen LogP contribution in [0.1, 0.15) is 35.9 Å². The molecule has 1 saturated heterocycles. The number of halogens is 2. The summed E-state index contributed by atoms with van der Waals surface area (Å²) in [6.45, 7) is 6.04. The Balaban J connectivity index is 0.00000107. The summed E-state index contributed by atoms with van der Waals surface area (Å²) in [5, 5.41) is 19.6. The van der Waals surface area contributed by atoms with Crippen LogP contribution in [-0.4, -0.2) is 63.2 Å². The maximum absolute atomic E-state index is 13.0. The van der Waals surface area contributed by atoms with Crippen molar-refractivity contribution in [1.29, 1.82) is 0 Å². The molecule has 1 aliphatic heterocycles. The molecule has 0 bridgehead atoms. The molecule has 0 aliphatic carbocycles. The van der Waals surface area contributed by atoms with Gasteiger partial charge in [0.05, 0.1) is 15.6 Å². The molecule has 1 fully saturated rings. The highest BCUT2D eigenvalue weighted by Gasteiger charge is 2.24. The van der Waals surface area contributed by atoms with Crippen LogP contribution in [0.15, 0.2) is 54.9 Å². The lowest BCUT2D eigenvalue weighted by Gasteiger charge is -2.34.